The number of hydrogen-bond donors (Lipinski definition) is 0. The minimum Gasteiger partial charge on any atom is -0.456 e. The van der Waals surface area contributed by atoms with Crippen LogP contribution in [0.15, 0.2) is 166 Å². The highest BCUT2D eigenvalue weighted by Crippen LogP contribution is 2.49. The van der Waals surface area contributed by atoms with Gasteiger partial charge in [-0.1, -0.05) is 127 Å². The third kappa shape index (κ3) is 3.59. The molecule has 0 saturated carbocycles. The van der Waals surface area contributed by atoms with Crippen molar-refractivity contribution >= 4 is 65.4 Å². The van der Waals surface area contributed by atoms with Gasteiger partial charge >= 0.3 is 0 Å². The fraction of sp³-hybridized carbons (Fsp3) is 0. The van der Waals surface area contributed by atoms with E-state index in [9.17, 15) is 1.37 Å². The lowest BCUT2D eigenvalue weighted by molar-refractivity contribution is 0.668. The van der Waals surface area contributed by atoms with Crippen LogP contribution in [0.3, 0.4) is 0 Å². The Morgan fingerprint density at radius 1 is 0.370 bits per heavy atom. The molecule has 0 amide bonds. The summed E-state index contributed by atoms with van der Waals surface area (Å²) < 4.78 is 117. The molecule has 0 aliphatic carbocycles. The zero-order chi connectivity index (χ0) is 40.6. The maximum absolute atomic E-state index is 9.42. The SMILES string of the molecule is [2H]c1c([2H])c([2H])c(-c2cc(-c3c4ccccc4c(-c4c([2H])c([2H])c([2H])c5oc6c([2H])c([2H])c([2H])c([2H])c6c45)c4ccccc34)c3c(c2)oc2ccccc23)c([2H])c1[2H]. The molecule has 0 aliphatic heterocycles. The fourth-order valence-electron chi connectivity index (χ4n) is 6.83. The van der Waals surface area contributed by atoms with Crippen LogP contribution in [0.5, 0.6) is 0 Å². The minimum atomic E-state index is -0.508. The normalized spacial score (nSPS) is 15.6. The second kappa shape index (κ2) is 9.69. The van der Waals surface area contributed by atoms with Crippen molar-refractivity contribution in [3.63, 3.8) is 0 Å². The summed E-state index contributed by atoms with van der Waals surface area (Å²) in [5.41, 5.74) is 3.07. The number of furan rings is 2. The second-order valence-corrected chi connectivity index (χ2v) is 11.1. The molecule has 10 aromatic rings. The zero-order valence-electron chi connectivity index (χ0n) is 35.9. The lowest BCUT2D eigenvalue weighted by Crippen LogP contribution is -1.92. The molecule has 0 radical (unpaired) electrons. The van der Waals surface area contributed by atoms with Gasteiger partial charge in [-0.2, -0.15) is 0 Å². The number of rotatable bonds is 3. The Morgan fingerprint density at radius 3 is 1.67 bits per heavy atom. The third-order valence-electron chi connectivity index (χ3n) is 8.67. The molecule has 0 saturated heterocycles. The first kappa shape index (κ1) is 16.3. The molecule has 2 heterocycles. The topological polar surface area (TPSA) is 26.3 Å². The first-order valence-electron chi connectivity index (χ1n) is 20.7. The molecule has 2 nitrogen and oxygen atoms in total. The van der Waals surface area contributed by atoms with Gasteiger partial charge in [-0.15, -0.1) is 0 Å². The van der Waals surface area contributed by atoms with Crippen molar-refractivity contribution in [2.75, 3.05) is 0 Å². The highest BCUT2D eigenvalue weighted by molar-refractivity contribution is 6.28. The number of benzene rings is 8. The highest BCUT2D eigenvalue weighted by Gasteiger charge is 2.23. The van der Waals surface area contributed by atoms with Crippen molar-refractivity contribution in [2.45, 2.75) is 0 Å². The Labute approximate surface area is 281 Å². The molecule has 46 heavy (non-hydrogen) atoms. The van der Waals surface area contributed by atoms with Crippen LogP contribution < -0.4 is 0 Å². The average Bonchev–Trinajstić information content (AvgIpc) is 3.82. The first-order chi connectivity index (χ1) is 27.8. The van der Waals surface area contributed by atoms with Crippen LogP contribution in [0.1, 0.15) is 16.4 Å². The summed E-state index contributed by atoms with van der Waals surface area (Å²) in [6.45, 7) is 0. The van der Waals surface area contributed by atoms with Gasteiger partial charge < -0.3 is 8.83 Å². The largest absolute Gasteiger partial charge is 0.456 e. The van der Waals surface area contributed by atoms with Crippen LogP contribution >= 0.6 is 0 Å². The smallest absolute Gasteiger partial charge is 0.136 e. The first-order valence-corrected chi connectivity index (χ1v) is 14.7. The molecular weight excluding hydrogens is 560 g/mol. The molecular formula is C44H26O2. The number of para-hydroxylation sites is 2. The van der Waals surface area contributed by atoms with Crippen molar-refractivity contribution in [3.8, 4) is 33.4 Å². The molecule has 2 heteroatoms. The molecule has 0 N–H and O–H groups in total. The number of hydrogen-bond acceptors (Lipinski definition) is 2. The lowest BCUT2D eigenvalue weighted by Gasteiger charge is -2.19. The summed E-state index contributed by atoms with van der Waals surface area (Å²) in [7, 11) is 0. The van der Waals surface area contributed by atoms with Crippen LogP contribution in [-0.4, -0.2) is 0 Å². The summed E-state index contributed by atoms with van der Waals surface area (Å²) in [6, 6.07) is 20.8. The molecule has 8 aromatic carbocycles. The van der Waals surface area contributed by atoms with E-state index in [1.165, 1.54) is 0 Å². The van der Waals surface area contributed by atoms with E-state index < -0.39 is 54.4 Å². The van der Waals surface area contributed by atoms with Gasteiger partial charge in [0.05, 0.1) is 16.4 Å². The summed E-state index contributed by atoms with van der Waals surface area (Å²) in [5.74, 6) is 0. The standard InChI is InChI=1S/C44H26O2/c1-2-13-27(14-3-1)28-25-36(44-34-20-9-11-23-38(34)46-40(44)26-28)42-31-17-6-4-15-29(31)41(30-16-5-7-18-32(30)42)35-21-12-24-39-43(35)33-19-8-10-22-37(33)45-39/h1-26H/i1D,2D,3D,8D,10D,12D,13D,14D,19D,21D,22D,24D. The summed E-state index contributed by atoms with van der Waals surface area (Å²) in [6.07, 6.45) is 0. The third-order valence-corrected chi connectivity index (χ3v) is 8.67. The van der Waals surface area contributed by atoms with Crippen molar-refractivity contribution in [3.05, 3.63) is 157 Å². The van der Waals surface area contributed by atoms with Crippen molar-refractivity contribution in [1.29, 1.82) is 0 Å². The van der Waals surface area contributed by atoms with E-state index in [4.69, 9.17) is 23.9 Å². The molecule has 0 bridgehead atoms. The van der Waals surface area contributed by atoms with E-state index in [1.807, 2.05) is 78.9 Å². The summed E-state index contributed by atoms with van der Waals surface area (Å²) >= 11 is 0. The van der Waals surface area contributed by atoms with E-state index in [-0.39, 0.29) is 51.2 Å². The van der Waals surface area contributed by atoms with E-state index in [0.717, 1.165) is 10.8 Å². The lowest BCUT2D eigenvalue weighted by atomic mass is 9.83. The van der Waals surface area contributed by atoms with Crippen LogP contribution in [-0.2, 0) is 0 Å². The van der Waals surface area contributed by atoms with Crippen molar-refractivity contribution < 1.29 is 25.3 Å². The van der Waals surface area contributed by atoms with Gasteiger partial charge in [0.1, 0.15) is 22.3 Å². The maximum atomic E-state index is 9.42. The minimum absolute atomic E-state index is 0.00753. The van der Waals surface area contributed by atoms with Gasteiger partial charge in [-0.3, -0.25) is 0 Å². The molecule has 0 atom stereocenters. The van der Waals surface area contributed by atoms with Gasteiger partial charge in [0.2, 0.25) is 0 Å². The van der Waals surface area contributed by atoms with Gasteiger partial charge in [0.15, 0.2) is 0 Å². The Bertz CT molecular complexity index is 3410. The van der Waals surface area contributed by atoms with E-state index in [1.54, 1.807) is 6.07 Å². The molecule has 2 aromatic heterocycles. The molecule has 0 fully saturated rings. The molecule has 0 unspecified atom stereocenters. The van der Waals surface area contributed by atoms with Gasteiger partial charge in [0, 0.05) is 21.5 Å². The Kier molecular flexibility index (Phi) is 3.43. The molecule has 0 spiro atoms. The van der Waals surface area contributed by atoms with Crippen LogP contribution in [0.25, 0.3) is 98.8 Å². The van der Waals surface area contributed by atoms with E-state index in [0.29, 0.717) is 55.0 Å². The highest BCUT2D eigenvalue weighted by atomic mass is 16.3. The fourth-order valence-corrected chi connectivity index (χ4v) is 6.83. The van der Waals surface area contributed by atoms with Crippen LogP contribution in [0.2, 0.25) is 0 Å². The molecule has 0 aliphatic rings. The molecule has 214 valence electrons. The Balaban J connectivity index is 1.42. The second-order valence-electron chi connectivity index (χ2n) is 11.1. The van der Waals surface area contributed by atoms with Gasteiger partial charge in [0.25, 0.3) is 0 Å². The summed E-state index contributed by atoms with van der Waals surface area (Å²) in [5, 5.41) is 4.25. The quantitative estimate of drug-likeness (QED) is 0.189. The van der Waals surface area contributed by atoms with Gasteiger partial charge in [-0.25, -0.2) is 0 Å². The summed E-state index contributed by atoms with van der Waals surface area (Å²) in [4.78, 5) is 0. The predicted octanol–water partition coefficient (Wildman–Crippen LogP) is 12.8. The monoisotopic (exact) mass is 598 g/mol. The zero-order valence-corrected chi connectivity index (χ0v) is 23.9. The predicted molar refractivity (Wildman–Crippen MR) is 192 cm³/mol. The Morgan fingerprint density at radius 2 is 0.935 bits per heavy atom. The molecule has 10 rings (SSSR count). The Hall–Kier alpha value is -6.12. The number of fused-ring (bicyclic) bond motifs is 8. The van der Waals surface area contributed by atoms with E-state index >= 15 is 0 Å². The maximum Gasteiger partial charge on any atom is 0.136 e. The van der Waals surface area contributed by atoms with Crippen LogP contribution in [0.4, 0.5) is 0 Å². The van der Waals surface area contributed by atoms with E-state index in [2.05, 4.69) is 0 Å². The van der Waals surface area contributed by atoms with Crippen LogP contribution in [0, 0.1) is 0 Å². The average molecular weight is 599 g/mol. The van der Waals surface area contributed by atoms with Gasteiger partial charge in [-0.05, 0) is 85.2 Å². The van der Waals surface area contributed by atoms with Crippen molar-refractivity contribution in [2.24, 2.45) is 0 Å². The van der Waals surface area contributed by atoms with Crippen molar-refractivity contribution in [1.82, 2.24) is 0 Å².